The molecule has 2 aromatic rings. The molecule has 0 saturated heterocycles. The molecule has 2 heterocycles. The quantitative estimate of drug-likeness (QED) is 0.898. The molecule has 3 nitrogen and oxygen atoms in total. The number of aryl methyl sites for hydroxylation is 1. The highest BCUT2D eigenvalue weighted by Crippen LogP contribution is 2.31. The molecule has 0 aliphatic rings. The predicted molar refractivity (Wildman–Crippen MR) is 60.2 cm³/mol. The van der Waals surface area contributed by atoms with Gasteiger partial charge >= 0.3 is 6.18 Å². The van der Waals surface area contributed by atoms with Gasteiger partial charge in [0.05, 0.1) is 23.1 Å². The largest absolute Gasteiger partial charge is 0.417 e. The number of hydrogen-bond donors (Lipinski definition) is 1. The minimum atomic E-state index is -4.40. The molecule has 0 aliphatic heterocycles. The van der Waals surface area contributed by atoms with Gasteiger partial charge in [-0.25, -0.2) is 4.98 Å². The number of pyridine rings is 1. The molecule has 1 unspecified atom stereocenters. The van der Waals surface area contributed by atoms with Gasteiger partial charge in [-0.3, -0.25) is 0 Å². The van der Waals surface area contributed by atoms with E-state index in [0.29, 0.717) is 23.5 Å². The zero-order chi connectivity index (χ0) is 13.5. The molecular formula is C12H13F3N2O. The molecule has 2 rings (SSSR count). The maximum absolute atomic E-state index is 12.6. The van der Waals surface area contributed by atoms with Gasteiger partial charge in [-0.05, 0) is 25.5 Å². The molecule has 0 aliphatic carbocycles. The summed E-state index contributed by atoms with van der Waals surface area (Å²) in [5.74, 6) is 0. The van der Waals surface area contributed by atoms with Crippen molar-refractivity contribution in [2.24, 2.45) is 0 Å². The molecule has 98 valence electrons. The number of imidazole rings is 1. The van der Waals surface area contributed by atoms with Crippen molar-refractivity contribution in [3.8, 4) is 0 Å². The van der Waals surface area contributed by atoms with Crippen LogP contribution in [-0.4, -0.2) is 14.5 Å². The van der Waals surface area contributed by atoms with Crippen molar-refractivity contribution in [2.45, 2.75) is 32.5 Å². The van der Waals surface area contributed by atoms with E-state index < -0.39 is 17.8 Å². The first-order valence-electron chi connectivity index (χ1n) is 5.58. The van der Waals surface area contributed by atoms with Gasteiger partial charge in [0.2, 0.25) is 0 Å². The van der Waals surface area contributed by atoms with E-state index in [9.17, 15) is 18.3 Å². The fourth-order valence-electron chi connectivity index (χ4n) is 1.94. The molecule has 0 aromatic carbocycles. The average Bonchev–Trinajstić information content (AvgIpc) is 2.61. The summed E-state index contributed by atoms with van der Waals surface area (Å²) in [5.41, 5.74) is 0.613. The normalized spacial score (nSPS) is 14.1. The Morgan fingerprint density at radius 1 is 1.39 bits per heavy atom. The zero-order valence-corrected chi connectivity index (χ0v) is 9.99. The first-order valence-corrected chi connectivity index (χ1v) is 5.58. The van der Waals surface area contributed by atoms with E-state index in [2.05, 4.69) is 4.98 Å². The smallest absolute Gasteiger partial charge is 0.387 e. The van der Waals surface area contributed by atoms with Crippen LogP contribution >= 0.6 is 0 Å². The third-order valence-electron chi connectivity index (χ3n) is 2.87. The zero-order valence-electron chi connectivity index (χ0n) is 9.99. The number of rotatable bonds is 2. The van der Waals surface area contributed by atoms with Crippen LogP contribution in [0.1, 0.15) is 36.4 Å². The molecule has 0 bridgehead atoms. The maximum Gasteiger partial charge on any atom is 0.417 e. The average molecular weight is 258 g/mol. The number of nitrogens with zero attached hydrogens (tertiary/aromatic N) is 2. The van der Waals surface area contributed by atoms with Gasteiger partial charge in [0.15, 0.2) is 0 Å². The molecule has 1 N–H and O–H groups in total. The van der Waals surface area contributed by atoms with E-state index in [1.165, 1.54) is 10.5 Å². The lowest BCUT2D eigenvalue weighted by molar-refractivity contribution is -0.137. The Balaban J connectivity index is 2.67. The van der Waals surface area contributed by atoms with Crippen LogP contribution in [0.3, 0.4) is 0 Å². The van der Waals surface area contributed by atoms with Crippen LogP contribution in [-0.2, 0) is 6.18 Å². The molecular weight excluding hydrogens is 245 g/mol. The summed E-state index contributed by atoms with van der Waals surface area (Å²) < 4.78 is 39.2. The lowest BCUT2D eigenvalue weighted by atomic mass is 10.1. The molecule has 0 saturated carbocycles. The highest BCUT2D eigenvalue weighted by molar-refractivity contribution is 5.45. The minimum absolute atomic E-state index is 0.406. The van der Waals surface area contributed by atoms with Crippen molar-refractivity contribution in [2.75, 3.05) is 0 Å². The summed E-state index contributed by atoms with van der Waals surface area (Å²) in [4.78, 5) is 4.14. The Hall–Kier alpha value is -1.56. The van der Waals surface area contributed by atoms with Gasteiger partial charge in [0.25, 0.3) is 0 Å². The van der Waals surface area contributed by atoms with Gasteiger partial charge in [0.1, 0.15) is 5.65 Å². The first kappa shape index (κ1) is 12.9. The number of hydrogen-bond acceptors (Lipinski definition) is 2. The second-order valence-electron chi connectivity index (χ2n) is 4.15. The number of fused-ring (bicyclic) bond motifs is 1. The van der Waals surface area contributed by atoms with Crippen molar-refractivity contribution in [3.63, 3.8) is 0 Å². The van der Waals surface area contributed by atoms with Crippen LogP contribution < -0.4 is 0 Å². The SMILES string of the molecule is CCC(O)c1c(C)nc2ccc(C(F)(F)F)cn12. The van der Waals surface area contributed by atoms with Gasteiger partial charge in [-0.15, -0.1) is 0 Å². The Labute approximate surface area is 102 Å². The second-order valence-corrected chi connectivity index (χ2v) is 4.15. The van der Waals surface area contributed by atoms with Gasteiger partial charge in [-0.2, -0.15) is 13.2 Å². The number of aliphatic hydroxyl groups excluding tert-OH is 1. The van der Waals surface area contributed by atoms with E-state index in [1.807, 2.05) is 0 Å². The fraction of sp³-hybridized carbons (Fsp3) is 0.417. The number of aliphatic hydroxyl groups is 1. The van der Waals surface area contributed by atoms with Crippen LogP contribution in [0, 0.1) is 6.92 Å². The summed E-state index contributed by atoms with van der Waals surface area (Å²) in [5, 5.41) is 9.85. The van der Waals surface area contributed by atoms with Crippen molar-refractivity contribution in [1.82, 2.24) is 9.38 Å². The predicted octanol–water partition coefficient (Wildman–Crippen LogP) is 3.10. The molecule has 0 amide bonds. The van der Waals surface area contributed by atoms with Crippen molar-refractivity contribution in [3.05, 3.63) is 35.3 Å². The van der Waals surface area contributed by atoms with E-state index in [-0.39, 0.29) is 0 Å². The summed E-state index contributed by atoms with van der Waals surface area (Å²) in [6.45, 7) is 3.44. The van der Waals surface area contributed by atoms with Crippen molar-refractivity contribution < 1.29 is 18.3 Å². The monoisotopic (exact) mass is 258 g/mol. The molecule has 1 atom stereocenters. The third-order valence-corrected chi connectivity index (χ3v) is 2.87. The van der Waals surface area contributed by atoms with Gasteiger partial charge in [0, 0.05) is 6.20 Å². The highest BCUT2D eigenvalue weighted by Gasteiger charge is 2.31. The Kier molecular flexibility index (Phi) is 3.06. The summed E-state index contributed by atoms with van der Waals surface area (Å²) in [6, 6.07) is 2.30. The van der Waals surface area contributed by atoms with Crippen LogP contribution in [0.2, 0.25) is 0 Å². The maximum atomic E-state index is 12.6. The topological polar surface area (TPSA) is 37.5 Å². The number of halogens is 3. The molecule has 0 spiro atoms. The lowest BCUT2D eigenvalue weighted by Gasteiger charge is -2.11. The second kappa shape index (κ2) is 4.28. The molecule has 2 aromatic heterocycles. The Bertz CT molecular complexity index is 574. The summed E-state index contributed by atoms with van der Waals surface area (Å²) >= 11 is 0. The minimum Gasteiger partial charge on any atom is -0.387 e. The molecule has 0 radical (unpaired) electrons. The number of aromatic nitrogens is 2. The van der Waals surface area contributed by atoms with Crippen LogP contribution in [0.5, 0.6) is 0 Å². The lowest BCUT2D eigenvalue weighted by Crippen LogP contribution is -2.08. The van der Waals surface area contributed by atoms with Crippen molar-refractivity contribution >= 4 is 5.65 Å². The molecule has 18 heavy (non-hydrogen) atoms. The van der Waals surface area contributed by atoms with E-state index >= 15 is 0 Å². The van der Waals surface area contributed by atoms with Gasteiger partial charge in [-0.1, -0.05) is 6.92 Å². The van der Waals surface area contributed by atoms with E-state index in [0.717, 1.165) is 12.3 Å². The number of alkyl halides is 3. The Morgan fingerprint density at radius 2 is 2.06 bits per heavy atom. The van der Waals surface area contributed by atoms with Crippen LogP contribution in [0.25, 0.3) is 5.65 Å². The molecule has 0 fully saturated rings. The standard InChI is InChI=1S/C12H13F3N2O/c1-3-9(18)11-7(2)16-10-5-4-8(6-17(10)11)12(13,14)15/h4-6,9,18H,3H2,1-2H3. The third kappa shape index (κ3) is 2.08. The summed E-state index contributed by atoms with van der Waals surface area (Å²) in [7, 11) is 0. The van der Waals surface area contributed by atoms with Gasteiger partial charge < -0.3 is 9.51 Å². The summed E-state index contributed by atoms with van der Waals surface area (Å²) in [6.07, 6.45) is -3.82. The van der Waals surface area contributed by atoms with Crippen molar-refractivity contribution in [1.29, 1.82) is 0 Å². The van der Waals surface area contributed by atoms with Crippen LogP contribution in [0.15, 0.2) is 18.3 Å². The first-order chi connectivity index (χ1) is 8.34. The highest BCUT2D eigenvalue weighted by atomic mass is 19.4. The molecule has 6 heteroatoms. The van der Waals surface area contributed by atoms with E-state index in [1.54, 1.807) is 13.8 Å². The van der Waals surface area contributed by atoms with Crippen LogP contribution in [0.4, 0.5) is 13.2 Å². The fourth-order valence-corrected chi connectivity index (χ4v) is 1.94. The Morgan fingerprint density at radius 3 is 2.61 bits per heavy atom. The van der Waals surface area contributed by atoms with E-state index in [4.69, 9.17) is 0 Å².